The summed E-state index contributed by atoms with van der Waals surface area (Å²) in [4.78, 5) is 21.7. The first-order valence-corrected chi connectivity index (χ1v) is 6.17. The standard InChI is InChI=1S/C11H14BrN3O3/c1-7(6-13)4-11(16)14-10-3-2-8(15(17)18)5-9(10)12/h2-3,5,7H,4,6,13H2,1H3,(H,14,16). The fourth-order valence-corrected chi connectivity index (χ4v) is 1.79. The van der Waals surface area contributed by atoms with Gasteiger partial charge in [-0.1, -0.05) is 6.92 Å². The van der Waals surface area contributed by atoms with Crippen molar-refractivity contribution in [3.05, 3.63) is 32.8 Å². The Kier molecular flexibility index (Phi) is 5.24. The van der Waals surface area contributed by atoms with E-state index in [1.165, 1.54) is 18.2 Å². The molecule has 0 saturated heterocycles. The smallest absolute Gasteiger partial charge is 0.270 e. The number of carbonyl (C=O) groups is 1. The van der Waals surface area contributed by atoms with Crippen LogP contribution in [0.4, 0.5) is 11.4 Å². The number of benzene rings is 1. The Morgan fingerprint density at radius 1 is 1.61 bits per heavy atom. The van der Waals surface area contributed by atoms with Crippen LogP contribution in [0.15, 0.2) is 22.7 Å². The van der Waals surface area contributed by atoms with E-state index in [-0.39, 0.29) is 17.5 Å². The molecule has 1 aromatic carbocycles. The van der Waals surface area contributed by atoms with Gasteiger partial charge in [0.2, 0.25) is 5.91 Å². The third-order valence-corrected chi connectivity index (χ3v) is 3.03. The highest BCUT2D eigenvalue weighted by atomic mass is 79.9. The summed E-state index contributed by atoms with van der Waals surface area (Å²) in [5.74, 6) is -0.0654. The van der Waals surface area contributed by atoms with E-state index < -0.39 is 4.92 Å². The lowest BCUT2D eigenvalue weighted by atomic mass is 10.1. The second-order valence-corrected chi connectivity index (χ2v) is 4.87. The molecule has 1 unspecified atom stereocenters. The summed E-state index contributed by atoms with van der Waals surface area (Å²) in [5, 5.41) is 13.2. The molecule has 3 N–H and O–H groups in total. The number of nitrogens with zero attached hydrogens (tertiary/aromatic N) is 1. The fraction of sp³-hybridized carbons (Fsp3) is 0.364. The van der Waals surface area contributed by atoms with Gasteiger partial charge >= 0.3 is 0 Å². The Hall–Kier alpha value is -1.47. The number of anilines is 1. The summed E-state index contributed by atoms with van der Waals surface area (Å²) in [6, 6.07) is 4.18. The summed E-state index contributed by atoms with van der Waals surface area (Å²) in [5.41, 5.74) is 5.91. The molecule has 0 aliphatic heterocycles. The summed E-state index contributed by atoms with van der Waals surface area (Å²) in [7, 11) is 0. The molecule has 0 fully saturated rings. The summed E-state index contributed by atoms with van der Waals surface area (Å²) < 4.78 is 0.477. The maximum atomic E-state index is 11.6. The third-order valence-electron chi connectivity index (χ3n) is 2.37. The van der Waals surface area contributed by atoms with E-state index in [4.69, 9.17) is 5.73 Å². The van der Waals surface area contributed by atoms with Gasteiger partial charge in [0.1, 0.15) is 0 Å². The number of rotatable bonds is 5. The predicted molar refractivity (Wildman–Crippen MR) is 72.3 cm³/mol. The molecule has 7 heteroatoms. The minimum Gasteiger partial charge on any atom is -0.330 e. The van der Waals surface area contributed by atoms with Gasteiger partial charge in [-0.25, -0.2) is 0 Å². The highest BCUT2D eigenvalue weighted by molar-refractivity contribution is 9.10. The van der Waals surface area contributed by atoms with Crippen LogP contribution in [-0.4, -0.2) is 17.4 Å². The third kappa shape index (κ3) is 4.08. The molecule has 18 heavy (non-hydrogen) atoms. The molecule has 0 radical (unpaired) electrons. The first-order valence-electron chi connectivity index (χ1n) is 5.38. The molecule has 0 bridgehead atoms. The number of carbonyl (C=O) groups excluding carboxylic acids is 1. The van der Waals surface area contributed by atoms with E-state index in [1.807, 2.05) is 6.92 Å². The van der Waals surface area contributed by atoms with Crippen LogP contribution < -0.4 is 11.1 Å². The van der Waals surface area contributed by atoms with E-state index in [0.29, 0.717) is 23.1 Å². The van der Waals surface area contributed by atoms with Gasteiger partial charge in [-0.3, -0.25) is 14.9 Å². The van der Waals surface area contributed by atoms with E-state index in [9.17, 15) is 14.9 Å². The minimum absolute atomic E-state index is 0.0322. The summed E-state index contributed by atoms with van der Waals surface area (Å²) >= 11 is 3.18. The van der Waals surface area contributed by atoms with Crippen molar-refractivity contribution in [2.75, 3.05) is 11.9 Å². The topological polar surface area (TPSA) is 98.3 Å². The first-order chi connectivity index (χ1) is 8.43. The second kappa shape index (κ2) is 6.46. The molecule has 1 aromatic rings. The van der Waals surface area contributed by atoms with Crippen molar-refractivity contribution in [2.45, 2.75) is 13.3 Å². The molecular formula is C11H14BrN3O3. The molecule has 1 amide bonds. The van der Waals surface area contributed by atoms with E-state index >= 15 is 0 Å². The Labute approximate surface area is 113 Å². The van der Waals surface area contributed by atoms with Crippen molar-refractivity contribution < 1.29 is 9.72 Å². The minimum atomic E-state index is -0.493. The van der Waals surface area contributed by atoms with Crippen LogP contribution in [0, 0.1) is 16.0 Å². The van der Waals surface area contributed by atoms with Crippen LogP contribution in [0.3, 0.4) is 0 Å². The maximum Gasteiger partial charge on any atom is 0.270 e. The zero-order valence-corrected chi connectivity index (χ0v) is 11.4. The van der Waals surface area contributed by atoms with Gasteiger partial charge in [0.05, 0.1) is 10.6 Å². The maximum absolute atomic E-state index is 11.6. The van der Waals surface area contributed by atoms with E-state index in [0.717, 1.165) is 0 Å². The lowest BCUT2D eigenvalue weighted by molar-refractivity contribution is -0.384. The number of halogens is 1. The van der Waals surface area contributed by atoms with Gasteiger partial charge in [-0.2, -0.15) is 0 Å². The zero-order chi connectivity index (χ0) is 13.7. The van der Waals surface area contributed by atoms with Crippen molar-refractivity contribution in [3.8, 4) is 0 Å². The number of amides is 1. The van der Waals surface area contributed by atoms with Gasteiger partial charge < -0.3 is 11.1 Å². The molecule has 0 aromatic heterocycles. The molecule has 98 valence electrons. The highest BCUT2D eigenvalue weighted by Gasteiger charge is 2.12. The van der Waals surface area contributed by atoms with Crippen LogP contribution in [0.2, 0.25) is 0 Å². The largest absolute Gasteiger partial charge is 0.330 e. The average Bonchev–Trinajstić information content (AvgIpc) is 2.31. The number of nitro groups is 1. The predicted octanol–water partition coefficient (Wildman–Crippen LogP) is 2.28. The van der Waals surface area contributed by atoms with Crippen LogP contribution in [0.1, 0.15) is 13.3 Å². The van der Waals surface area contributed by atoms with Gasteiger partial charge in [-0.15, -0.1) is 0 Å². The zero-order valence-electron chi connectivity index (χ0n) is 9.85. The Morgan fingerprint density at radius 3 is 2.78 bits per heavy atom. The number of nitro benzene ring substituents is 1. The molecule has 0 aliphatic rings. The Bertz CT molecular complexity index is 465. The van der Waals surface area contributed by atoms with Crippen molar-refractivity contribution >= 4 is 33.2 Å². The number of hydrogen-bond donors (Lipinski definition) is 2. The van der Waals surface area contributed by atoms with Gasteiger partial charge in [-0.05, 0) is 34.5 Å². The van der Waals surface area contributed by atoms with Crippen LogP contribution in [0.25, 0.3) is 0 Å². The Balaban J connectivity index is 2.74. The molecule has 0 saturated carbocycles. The Morgan fingerprint density at radius 2 is 2.28 bits per heavy atom. The first kappa shape index (κ1) is 14.6. The molecule has 1 atom stereocenters. The SMILES string of the molecule is CC(CN)CC(=O)Nc1ccc([N+](=O)[O-])cc1Br. The average molecular weight is 316 g/mol. The van der Waals surface area contributed by atoms with Gasteiger partial charge in [0.15, 0.2) is 0 Å². The summed E-state index contributed by atoms with van der Waals surface area (Å²) in [6.07, 6.45) is 0.319. The quantitative estimate of drug-likeness (QED) is 0.643. The van der Waals surface area contributed by atoms with Crippen LogP contribution in [-0.2, 0) is 4.79 Å². The number of hydrogen-bond acceptors (Lipinski definition) is 4. The van der Waals surface area contributed by atoms with Gasteiger partial charge in [0, 0.05) is 23.0 Å². The van der Waals surface area contributed by atoms with Crippen molar-refractivity contribution in [2.24, 2.45) is 11.7 Å². The van der Waals surface area contributed by atoms with Crippen molar-refractivity contribution in [1.29, 1.82) is 0 Å². The number of nitrogens with one attached hydrogen (secondary N) is 1. The highest BCUT2D eigenvalue weighted by Crippen LogP contribution is 2.27. The monoisotopic (exact) mass is 315 g/mol. The molecular weight excluding hydrogens is 302 g/mol. The second-order valence-electron chi connectivity index (χ2n) is 4.01. The van der Waals surface area contributed by atoms with Crippen molar-refractivity contribution in [3.63, 3.8) is 0 Å². The van der Waals surface area contributed by atoms with E-state index in [2.05, 4.69) is 21.2 Å². The summed E-state index contributed by atoms with van der Waals surface area (Å²) in [6.45, 7) is 2.32. The molecule has 0 heterocycles. The molecule has 6 nitrogen and oxygen atoms in total. The lowest BCUT2D eigenvalue weighted by Gasteiger charge is -2.10. The normalized spacial score (nSPS) is 11.9. The number of nitrogens with two attached hydrogens (primary N) is 1. The molecule has 1 rings (SSSR count). The van der Waals surface area contributed by atoms with Crippen LogP contribution >= 0.6 is 15.9 Å². The molecule has 0 spiro atoms. The van der Waals surface area contributed by atoms with E-state index in [1.54, 1.807) is 0 Å². The van der Waals surface area contributed by atoms with Crippen molar-refractivity contribution in [1.82, 2.24) is 0 Å². The van der Waals surface area contributed by atoms with Gasteiger partial charge in [0.25, 0.3) is 5.69 Å². The van der Waals surface area contributed by atoms with Crippen LogP contribution in [0.5, 0.6) is 0 Å². The fourth-order valence-electron chi connectivity index (χ4n) is 1.32. The lowest BCUT2D eigenvalue weighted by Crippen LogP contribution is -2.20. The number of non-ortho nitro benzene ring substituents is 1. The molecule has 0 aliphatic carbocycles.